The number of ether oxygens (including phenoxy) is 1. The van der Waals surface area contributed by atoms with E-state index in [1.807, 2.05) is 0 Å². The average molecular weight is 237 g/mol. The molecule has 0 aliphatic carbocycles. The number of hydrogen-bond donors (Lipinski definition) is 1. The van der Waals surface area contributed by atoms with Crippen LogP contribution >= 0.6 is 0 Å². The Labute approximate surface area is 96.1 Å². The van der Waals surface area contributed by atoms with Crippen molar-refractivity contribution in [1.29, 1.82) is 0 Å². The number of nitrogens with two attached hydrogens (primary N) is 1. The van der Waals surface area contributed by atoms with Gasteiger partial charge in [-0.05, 0) is 19.1 Å². The Balaban J connectivity index is 2.42. The van der Waals surface area contributed by atoms with Gasteiger partial charge in [0.2, 0.25) is 5.82 Å². The van der Waals surface area contributed by atoms with Crippen LogP contribution in [0.15, 0.2) is 24.5 Å². The van der Waals surface area contributed by atoms with E-state index in [-0.39, 0.29) is 23.0 Å². The van der Waals surface area contributed by atoms with Crippen molar-refractivity contribution < 1.29 is 13.5 Å². The number of nitrogens with zero attached hydrogens (tertiary/aromatic N) is 2. The molecule has 0 fully saturated rings. The number of anilines is 1. The first-order chi connectivity index (χ1) is 8.09. The highest BCUT2D eigenvalue weighted by Crippen LogP contribution is 2.30. The van der Waals surface area contributed by atoms with E-state index in [1.165, 1.54) is 19.1 Å². The predicted molar refractivity (Wildman–Crippen MR) is 57.6 cm³/mol. The van der Waals surface area contributed by atoms with Gasteiger partial charge in [-0.1, -0.05) is 6.07 Å². The quantitative estimate of drug-likeness (QED) is 0.815. The van der Waals surface area contributed by atoms with Gasteiger partial charge in [0, 0.05) is 0 Å². The molecular weight excluding hydrogens is 228 g/mol. The summed E-state index contributed by atoms with van der Waals surface area (Å²) in [5.41, 5.74) is 5.71. The molecule has 0 atom stereocenters. The monoisotopic (exact) mass is 237 g/mol. The highest BCUT2D eigenvalue weighted by Gasteiger charge is 2.14. The maximum Gasteiger partial charge on any atom is 0.259 e. The fraction of sp³-hybridized carbons (Fsp3) is 0.0909. The number of nitrogen functional groups attached to an aromatic ring is 1. The normalized spacial score (nSPS) is 10.3. The van der Waals surface area contributed by atoms with Crippen LogP contribution in [0.2, 0.25) is 0 Å². The first kappa shape index (κ1) is 11.3. The SMILES string of the molecule is Cc1ncnc(Oc2c(N)cccc2F)c1F. The van der Waals surface area contributed by atoms with E-state index < -0.39 is 11.6 Å². The number of benzene rings is 1. The largest absolute Gasteiger partial charge is 0.431 e. The van der Waals surface area contributed by atoms with Crippen molar-refractivity contribution in [1.82, 2.24) is 9.97 Å². The van der Waals surface area contributed by atoms with Crippen LogP contribution in [0.3, 0.4) is 0 Å². The second kappa shape index (κ2) is 4.32. The molecular formula is C11H9F2N3O. The molecule has 2 rings (SSSR count). The molecule has 1 heterocycles. The zero-order chi connectivity index (χ0) is 12.4. The zero-order valence-electron chi connectivity index (χ0n) is 8.95. The number of rotatable bonds is 2. The average Bonchev–Trinajstić information content (AvgIpc) is 2.29. The van der Waals surface area contributed by atoms with Gasteiger partial charge in [-0.2, -0.15) is 9.37 Å². The molecule has 1 aromatic carbocycles. The van der Waals surface area contributed by atoms with E-state index >= 15 is 0 Å². The first-order valence-corrected chi connectivity index (χ1v) is 4.78. The molecule has 4 nitrogen and oxygen atoms in total. The topological polar surface area (TPSA) is 61.0 Å². The Bertz CT molecular complexity index is 540. The van der Waals surface area contributed by atoms with Gasteiger partial charge in [0.1, 0.15) is 6.33 Å². The summed E-state index contributed by atoms with van der Waals surface area (Å²) in [4.78, 5) is 7.22. The summed E-state index contributed by atoms with van der Waals surface area (Å²) >= 11 is 0. The van der Waals surface area contributed by atoms with Gasteiger partial charge in [-0.25, -0.2) is 9.37 Å². The van der Waals surface area contributed by atoms with Crippen molar-refractivity contribution >= 4 is 5.69 Å². The summed E-state index contributed by atoms with van der Waals surface area (Å²) in [5.74, 6) is -2.02. The van der Waals surface area contributed by atoms with Gasteiger partial charge < -0.3 is 10.5 Å². The summed E-state index contributed by atoms with van der Waals surface area (Å²) in [6.07, 6.45) is 1.13. The van der Waals surface area contributed by atoms with E-state index in [9.17, 15) is 8.78 Å². The van der Waals surface area contributed by atoms with Crippen LogP contribution in [0.5, 0.6) is 11.6 Å². The Morgan fingerprint density at radius 3 is 2.71 bits per heavy atom. The lowest BCUT2D eigenvalue weighted by molar-refractivity contribution is 0.396. The smallest absolute Gasteiger partial charge is 0.259 e. The molecule has 0 spiro atoms. The van der Waals surface area contributed by atoms with Crippen LogP contribution in [0.4, 0.5) is 14.5 Å². The minimum absolute atomic E-state index is 0.0701. The van der Waals surface area contributed by atoms with E-state index in [4.69, 9.17) is 10.5 Å². The molecule has 88 valence electrons. The number of halogens is 2. The van der Waals surface area contributed by atoms with Crippen molar-refractivity contribution in [3.63, 3.8) is 0 Å². The molecule has 0 saturated carbocycles. The third-order valence-electron chi connectivity index (χ3n) is 2.13. The summed E-state index contributed by atoms with van der Waals surface area (Å²) in [6.45, 7) is 1.45. The fourth-order valence-electron chi connectivity index (χ4n) is 1.24. The lowest BCUT2D eigenvalue weighted by Gasteiger charge is -2.09. The van der Waals surface area contributed by atoms with E-state index in [1.54, 1.807) is 0 Å². The number of aromatic nitrogens is 2. The van der Waals surface area contributed by atoms with Crippen LogP contribution in [0, 0.1) is 18.6 Å². The Morgan fingerprint density at radius 1 is 1.24 bits per heavy atom. The van der Waals surface area contributed by atoms with Gasteiger partial charge in [0.15, 0.2) is 11.6 Å². The van der Waals surface area contributed by atoms with Crippen molar-refractivity contribution in [3.8, 4) is 11.6 Å². The molecule has 0 saturated heterocycles. The minimum Gasteiger partial charge on any atom is -0.431 e. The maximum absolute atomic E-state index is 13.5. The zero-order valence-corrected chi connectivity index (χ0v) is 8.95. The van der Waals surface area contributed by atoms with E-state index in [0.717, 1.165) is 12.4 Å². The lowest BCUT2D eigenvalue weighted by atomic mass is 10.3. The van der Waals surface area contributed by atoms with Crippen LogP contribution in [-0.4, -0.2) is 9.97 Å². The molecule has 6 heteroatoms. The third kappa shape index (κ3) is 2.15. The molecule has 17 heavy (non-hydrogen) atoms. The molecule has 0 unspecified atom stereocenters. The van der Waals surface area contributed by atoms with Crippen LogP contribution in [-0.2, 0) is 0 Å². The van der Waals surface area contributed by atoms with E-state index in [2.05, 4.69) is 9.97 Å². The summed E-state index contributed by atoms with van der Waals surface area (Å²) < 4.78 is 32.0. The van der Waals surface area contributed by atoms with Crippen LogP contribution in [0.1, 0.15) is 5.69 Å². The van der Waals surface area contributed by atoms with Crippen molar-refractivity contribution in [2.45, 2.75) is 6.92 Å². The fourth-order valence-corrected chi connectivity index (χ4v) is 1.24. The summed E-state index contributed by atoms with van der Waals surface area (Å²) in [6, 6.07) is 4.04. The number of aryl methyl sites for hydroxylation is 1. The van der Waals surface area contributed by atoms with Crippen molar-refractivity contribution in [3.05, 3.63) is 41.9 Å². The van der Waals surface area contributed by atoms with Gasteiger partial charge >= 0.3 is 0 Å². The first-order valence-electron chi connectivity index (χ1n) is 4.78. The second-order valence-electron chi connectivity index (χ2n) is 3.34. The van der Waals surface area contributed by atoms with Gasteiger partial charge in [0.05, 0.1) is 11.4 Å². The Kier molecular flexibility index (Phi) is 2.86. The molecule has 1 aromatic heterocycles. The van der Waals surface area contributed by atoms with Crippen LogP contribution < -0.4 is 10.5 Å². The van der Waals surface area contributed by atoms with Crippen LogP contribution in [0.25, 0.3) is 0 Å². The molecule has 2 aromatic rings. The molecule has 0 amide bonds. The minimum atomic E-state index is -0.741. The number of para-hydroxylation sites is 1. The van der Waals surface area contributed by atoms with Gasteiger partial charge in [-0.3, -0.25) is 0 Å². The lowest BCUT2D eigenvalue weighted by Crippen LogP contribution is -2.00. The molecule has 2 N–H and O–H groups in total. The Morgan fingerprint density at radius 2 is 2.00 bits per heavy atom. The maximum atomic E-state index is 13.5. The second-order valence-corrected chi connectivity index (χ2v) is 3.34. The van der Waals surface area contributed by atoms with Gasteiger partial charge in [0.25, 0.3) is 5.88 Å². The molecule has 0 bridgehead atoms. The van der Waals surface area contributed by atoms with Gasteiger partial charge in [-0.15, -0.1) is 0 Å². The van der Waals surface area contributed by atoms with E-state index in [0.29, 0.717) is 0 Å². The van der Waals surface area contributed by atoms with Crippen molar-refractivity contribution in [2.75, 3.05) is 5.73 Å². The highest BCUT2D eigenvalue weighted by atomic mass is 19.1. The predicted octanol–water partition coefficient (Wildman–Crippen LogP) is 2.44. The standard InChI is InChI=1S/C11H9F2N3O/c1-6-9(13)11(16-5-15-6)17-10-7(12)3-2-4-8(10)14/h2-5H,14H2,1H3. The highest BCUT2D eigenvalue weighted by molar-refractivity contribution is 5.54. The Hall–Kier alpha value is -2.24. The summed E-state index contributed by atoms with van der Waals surface area (Å²) in [5, 5.41) is 0. The van der Waals surface area contributed by atoms with Crippen molar-refractivity contribution in [2.24, 2.45) is 0 Å². The molecule has 0 radical (unpaired) electrons. The molecule has 0 aliphatic rings. The third-order valence-corrected chi connectivity index (χ3v) is 2.13. The summed E-state index contributed by atoms with van der Waals surface area (Å²) in [7, 11) is 0. The number of hydrogen-bond acceptors (Lipinski definition) is 4. The molecule has 0 aliphatic heterocycles.